The van der Waals surface area contributed by atoms with Crippen molar-refractivity contribution in [2.45, 2.75) is 45.8 Å². The van der Waals surface area contributed by atoms with E-state index in [1.165, 1.54) is 11.8 Å². The highest BCUT2D eigenvalue weighted by atomic mass is 16.6. The van der Waals surface area contributed by atoms with Gasteiger partial charge in [0.15, 0.2) is 0 Å². The van der Waals surface area contributed by atoms with Gasteiger partial charge in [-0.2, -0.15) is 0 Å². The fourth-order valence-electron chi connectivity index (χ4n) is 2.61. The smallest absolute Gasteiger partial charge is 0.304 e. The summed E-state index contributed by atoms with van der Waals surface area (Å²) in [6, 6.07) is 8.99. The summed E-state index contributed by atoms with van der Waals surface area (Å²) in [5.74, 6) is -2.65. The lowest BCUT2D eigenvalue weighted by molar-refractivity contribution is -0.180. The highest BCUT2D eigenvalue weighted by molar-refractivity contribution is 5.87. The van der Waals surface area contributed by atoms with Gasteiger partial charge in [-0.05, 0) is 5.56 Å². The fourth-order valence-corrected chi connectivity index (χ4v) is 2.61. The first-order chi connectivity index (χ1) is 11.8. The van der Waals surface area contributed by atoms with Crippen molar-refractivity contribution in [2.24, 2.45) is 0 Å². The number of esters is 3. The molecule has 0 saturated carbocycles. The minimum atomic E-state index is -1.37. The quantitative estimate of drug-likeness (QED) is 0.572. The molecule has 0 aromatic heterocycles. The number of carbonyl (C=O) groups excluding carboxylic acids is 4. The van der Waals surface area contributed by atoms with Gasteiger partial charge in [-0.1, -0.05) is 30.3 Å². The molecule has 0 unspecified atom stereocenters. The normalized spacial score (nSPS) is 22.4. The third-order valence-corrected chi connectivity index (χ3v) is 3.49. The molecule has 1 heterocycles. The second-order valence-electron chi connectivity index (χ2n) is 5.56. The number of likely N-dealkylation sites (tertiary alicyclic amines) is 1. The number of rotatable bonds is 5. The van der Waals surface area contributed by atoms with Crippen LogP contribution in [0.2, 0.25) is 0 Å². The summed E-state index contributed by atoms with van der Waals surface area (Å²) in [4.78, 5) is 48.1. The van der Waals surface area contributed by atoms with Crippen molar-refractivity contribution in [3.63, 3.8) is 0 Å². The second kappa shape index (κ2) is 7.78. The molecule has 8 nitrogen and oxygen atoms in total. The number of ether oxygens (including phenoxy) is 3. The van der Waals surface area contributed by atoms with Crippen LogP contribution in [0.5, 0.6) is 0 Å². The molecule has 3 atom stereocenters. The highest BCUT2D eigenvalue weighted by Crippen LogP contribution is 2.28. The lowest BCUT2D eigenvalue weighted by atomic mass is 10.2. The van der Waals surface area contributed by atoms with Gasteiger partial charge in [-0.25, -0.2) is 0 Å². The van der Waals surface area contributed by atoms with Crippen molar-refractivity contribution >= 4 is 23.8 Å². The predicted molar refractivity (Wildman–Crippen MR) is 83.7 cm³/mol. The van der Waals surface area contributed by atoms with E-state index in [1.54, 1.807) is 24.3 Å². The zero-order valence-corrected chi connectivity index (χ0v) is 14.1. The maximum atomic E-state index is 12.7. The monoisotopic (exact) mass is 349 g/mol. The van der Waals surface area contributed by atoms with Crippen molar-refractivity contribution in [2.75, 3.05) is 0 Å². The van der Waals surface area contributed by atoms with Gasteiger partial charge in [0.25, 0.3) is 5.91 Å². The van der Waals surface area contributed by atoms with Gasteiger partial charge >= 0.3 is 17.9 Å². The summed E-state index contributed by atoms with van der Waals surface area (Å²) in [5.41, 5.74) is 0.776. The maximum absolute atomic E-state index is 12.7. The third kappa shape index (κ3) is 4.56. The molecule has 0 radical (unpaired) electrons. The van der Waals surface area contributed by atoms with Crippen molar-refractivity contribution in [1.82, 2.24) is 4.90 Å². The average molecular weight is 349 g/mol. The van der Waals surface area contributed by atoms with Crippen LogP contribution < -0.4 is 0 Å². The molecule has 1 aromatic carbocycles. The van der Waals surface area contributed by atoms with Crippen LogP contribution in [0.4, 0.5) is 0 Å². The Morgan fingerprint density at radius 3 is 2.00 bits per heavy atom. The lowest BCUT2D eigenvalue weighted by Crippen LogP contribution is -2.42. The van der Waals surface area contributed by atoms with Crippen molar-refractivity contribution < 1.29 is 33.4 Å². The van der Waals surface area contributed by atoms with Crippen LogP contribution in [0, 0.1) is 0 Å². The predicted octanol–water partition coefficient (Wildman–Crippen LogP) is 0.781. The van der Waals surface area contributed by atoms with Gasteiger partial charge in [0.2, 0.25) is 18.4 Å². The van der Waals surface area contributed by atoms with Gasteiger partial charge in [0.1, 0.15) is 0 Å². The van der Waals surface area contributed by atoms with Crippen molar-refractivity contribution in [1.29, 1.82) is 0 Å². The number of amides is 1. The van der Waals surface area contributed by atoms with E-state index in [4.69, 9.17) is 14.2 Å². The maximum Gasteiger partial charge on any atom is 0.304 e. The third-order valence-electron chi connectivity index (χ3n) is 3.49. The zero-order valence-electron chi connectivity index (χ0n) is 14.1. The van der Waals surface area contributed by atoms with Crippen LogP contribution in [0.3, 0.4) is 0 Å². The summed E-state index contributed by atoms with van der Waals surface area (Å²) in [7, 11) is 0. The molecular weight excluding hydrogens is 330 g/mol. The Bertz CT molecular complexity index is 673. The summed E-state index contributed by atoms with van der Waals surface area (Å²) in [6.07, 6.45) is -3.78. The Labute approximate surface area is 144 Å². The molecule has 1 saturated heterocycles. The Hall–Kier alpha value is -2.90. The van der Waals surface area contributed by atoms with Gasteiger partial charge in [-0.15, -0.1) is 0 Å². The number of benzene rings is 1. The molecule has 1 aromatic rings. The molecule has 0 aliphatic carbocycles. The summed E-state index contributed by atoms with van der Waals surface area (Å²) >= 11 is 0. The highest BCUT2D eigenvalue weighted by Gasteiger charge is 2.54. The Kier molecular flexibility index (Phi) is 5.74. The molecule has 0 bridgehead atoms. The molecule has 1 aliphatic heterocycles. The Morgan fingerprint density at radius 2 is 1.48 bits per heavy atom. The Balaban J connectivity index is 2.35. The first kappa shape index (κ1) is 18.4. The van der Waals surface area contributed by atoms with Crippen molar-refractivity contribution in [3.05, 3.63) is 35.9 Å². The summed E-state index contributed by atoms with van der Waals surface area (Å²) in [6.45, 7) is 3.57. The fraction of sp³-hybridized carbons (Fsp3) is 0.412. The topological polar surface area (TPSA) is 99.2 Å². The SMILES string of the molecule is CC(=O)O[C@@H]1[C@@H](OC(C)=O)N(Cc2ccccc2)C(=O)[C@@H]1OC(C)=O. The van der Waals surface area contributed by atoms with Crippen LogP contribution in [-0.4, -0.2) is 47.2 Å². The van der Waals surface area contributed by atoms with Crippen LogP contribution in [0.25, 0.3) is 0 Å². The van der Waals surface area contributed by atoms with E-state index < -0.39 is 42.3 Å². The molecule has 25 heavy (non-hydrogen) atoms. The summed E-state index contributed by atoms with van der Waals surface area (Å²) in [5, 5.41) is 0. The zero-order chi connectivity index (χ0) is 18.6. The number of hydrogen-bond acceptors (Lipinski definition) is 7. The molecule has 0 N–H and O–H groups in total. The minimum absolute atomic E-state index is 0.104. The standard InChI is InChI=1S/C17H19NO7/c1-10(19)23-14-15(24-11(2)20)17(25-12(3)21)18(16(14)22)9-13-7-5-4-6-8-13/h4-8,14-15,17H,9H2,1-3H3/t14-,15+,17-/m1/s1. The van der Waals surface area contributed by atoms with E-state index in [-0.39, 0.29) is 6.54 Å². The van der Waals surface area contributed by atoms with Gasteiger partial charge < -0.3 is 14.2 Å². The van der Waals surface area contributed by atoms with E-state index in [0.717, 1.165) is 19.4 Å². The lowest BCUT2D eigenvalue weighted by Gasteiger charge is -2.26. The number of nitrogens with zero attached hydrogens (tertiary/aromatic N) is 1. The average Bonchev–Trinajstić information content (AvgIpc) is 2.73. The van der Waals surface area contributed by atoms with Crippen LogP contribution in [0.15, 0.2) is 30.3 Å². The molecule has 134 valence electrons. The molecule has 1 aliphatic rings. The largest absolute Gasteiger partial charge is 0.452 e. The molecule has 0 spiro atoms. The summed E-state index contributed by atoms with van der Waals surface area (Å²) < 4.78 is 15.3. The van der Waals surface area contributed by atoms with Gasteiger partial charge in [0.05, 0.1) is 0 Å². The molecule has 8 heteroatoms. The van der Waals surface area contributed by atoms with Crippen LogP contribution >= 0.6 is 0 Å². The molecule has 1 amide bonds. The van der Waals surface area contributed by atoms with E-state index >= 15 is 0 Å². The van der Waals surface area contributed by atoms with E-state index in [2.05, 4.69) is 0 Å². The van der Waals surface area contributed by atoms with Gasteiger partial charge in [0, 0.05) is 27.3 Å². The second-order valence-corrected chi connectivity index (χ2v) is 5.56. The van der Waals surface area contributed by atoms with E-state index in [0.29, 0.717) is 0 Å². The molecular formula is C17H19NO7. The van der Waals surface area contributed by atoms with E-state index in [9.17, 15) is 19.2 Å². The molecule has 2 rings (SSSR count). The number of carbonyl (C=O) groups is 4. The number of hydrogen-bond donors (Lipinski definition) is 0. The van der Waals surface area contributed by atoms with Crippen LogP contribution in [-0.2, 0) is 39.9 Å². The minimum Gasteiger partial charge on any atom is -0.452 e. The van der Waals surface area contributed by atoms with Gasteiger partial charge in [-0.3, -0.25) is 24.1 Å². The molecule has 1 fully saturated rings. The van der Waals surface area contributed by atoms with Crippen molar-refractivity contribution in [3.8, 4) is 0 Å². The first-order valence-electron chi connectivity index (χ1n) is 7.65. The Morgan fingerprint density at radius 1 is 0.920 bits per heavy atom. The van der Waals surface area contributed by atoms with E-state index in [1.807, 2.05) is 6.07 Å². The first-order valence-corrected chi connectivity index (χ1v) is 7.65. The van der Waals surface area contributed by atoms with Crippen LogP contribution in [0.1, 0.15) is 26.3 Å².